The second-order valence-electron chi connectivity index (χ2n) is 6.65. The minimum absolute atomic E-state index is 0.237. The summed E-state index contributed by atoms with van der Waals surface area (Å²) in [6.45, 7) is 2.57. The van der Waals surface area contributed by atoms with E-state index in [-0.39, 0.29) is 5.82 Å². The number of benzene rings is 3. The van der Waals surface area contributed by atoms with E-state index < -0.39 is 0 Å². The third-order valence-corrected chi connectivity index (χ3v) is 4.79. The fourth-order valence-electron chi connectivity index (χ4n) is 3.42. The zero-order chi connectivity index (χ0) is 18.8. The first-order valence-electron chi connectivity index (χ1n) is 8.90. The topological polar surface area (TPSA) is 22.1 Å². The lowest BCUT2D eigenvalue weighted by Gasteiger charge is -2.11. The maximum atomic E-state index is 13.5. The van der Waals surface area contributed by atoms with Crippen LogP contribution in [0, 0.1) is 12.7 Å². The molecule has 1 aromatic heterocycles. The molecular weight excluding hydrogens is 337 g/mol. The highest BCUT2D eigenvalue weighted by molar-refractivity contribution is 5.85. The molecule has 0 aliphatic carbocycles. The molecule has 0 aliphatic rings. The number of aryl methyl sites for hydroxylation is 1. The Balaban J connectivity index is 1.73. The first-order valence-corrected chi connectivity index (χ1v) is 8.90. The normalized spacial score (nSPS) is 11.1. The van der Waals surface area contributed by atoms with Crippen LogP contribution in [0.25, 0.3) is 33.3 Å². The van der Waals surface area contributed by atoms with Crippen LogP contribution in [-0.4, -0.2) is 12.1 Å². The summed E-state index contributed by atoms with van der Waals surface area (Å²) in [5.41, 5.74) is 7.23. The number of halogens is 1. The molecule has 1 heterocycles. The Bertz CT molecular complexity index is 1100. The summed E-state index contributed by atoms with van der Waals surface area (Å²) in [6.07, 6.45) is 0. The molecule has 0 N–H and O–H groups in total. The van der Waals surface area contributed by atoms with Crippen molar-refractivity contribution in [1.29, 1.82) is 0 Å². The molecular formula is C24H20FNO. The summed E-state index contributed by atoms with van der Waals surface area (Å²) in [4.78, 5) is 4.71. The second-order valence-corrected chi connectivity index (χ2v) is 6.65. The van der Waals surface area contributed by atoms with Crippen LogP contribution in [-0.2, 0) is 11.3 Å². The van der Waals surface area contributed by atoms with Crippen molar-refractivity contribution in [3.63, 3.8) is 0 Å². The lowest BCUT2D eigenvalue weighted by atomic mass is 9.98. The molecule has 0 spiro atoms. The highest BCUT2D eigenvalue weighted by Crippen LogP contribution is 2.29. The Hall–Kier alpha value is -3.04. The zero-order valence-corrected chi connectivity index (χ0v) is 15.4. The molecule has 0 saturated carbocycles. The average molecular weight is 357 g/mol. The van der Waals surface area contributed by atoms with Gasteiger partial charge in [-0.3, -0.25) is 0 Å². The van der Waals surface area contributed by atoms with Gasteiger partial charge in [0, 0.05) is 18.1 Å². The lowest BCUT2D eigenvalue weighted by Crippen LogP contribution is -1.92. The molecule has 0 aliphatic heterocycles. The highest BCUT2D eigenvalue weighted by atomic mass is 19.1. The monoisotopic (exact) mass is 357 g/mol. The van der Waals surface area contributed by atoms with Gasteiger partial charge in [-0.1, -0.05) is 48.5 Å². The van der Waals surface area contributed by atoms with Crippen LogP contribution in [0.1, 0.15) is 11.1 Å². The summed E-state index contributed by atoms with van der Waals surface area (Å²) >= 11 is 0. The van der Waals surface area contributed by atoms with Gasteiger partial charge in [0.15, 0.2) is 0 Å². The molecule has 0 unspecified atom stereocenters. The Morgan fingerprint density at radius 3 is 2.41 bits per heavy atom. The van der Waals surface area contributed by atoms with E-state index in [2.05, 4.69) is 36.4 Å². The van der Waals surface area contributed by atoms with E-state index >= 15 is 0 Å². The Morgan fingerprint density at radius 1 is 0.889 bits per heavy atom. The first kappa shape index (κ1) is 17.4. The van der Waals surface area contributed by atoms with E-state index in [9.17, 15) is 4.39 Å². The summed E-state index contributed by atoms with van der Waals surface area (Å²) in [6, 6.07) is 23.4. The van der Waals surface area contributed by atoms with Gasteiger partial charge in [-0.15, -0.1) is 0 Å². The molecule has 0 radical (unpaired) electrons. The second kappa shape index (κ2) is 7.29. The first-order chi connectivity index (χ1) is 13.2. The Kier molecular flexibility index (Phi) is 4.69. The molecule has 2 nitrogen and oxygen atoms in total. The van der Waals surface area contributed by atoms with Crippen LogP contribution < -0.4 is 0 Å². The van der Waals surface area contributed by atoms with Crippen LogP contribution in [0.2, 0.25) is 0 Å². The van der Waals surface area contributed by atoms with E-state index in [4.69, 9.17) is 9.72 Å². The van der Waals surface area contributed by atoms with E-state index in [0.717, 1.165) is 38.9 Å². The smallest absolute Gasteiger partial charge is 0.123 e. The maximum absolute atomic E-state index is 13.5. The number of hydrogen-bond acceptors (Lipinski definition) is 2. The standard InChI is InChI=1S/C24H20FNO/c1-16-13-24(26-23-12-11-20(25)14-22(16)23)18-9-7-17(8-10-18)21-6-4-3-5-19(21)15-27-2/h3-14H,15H2,1-2H3. The SMILES string of the molecule is COCc1ccccc1-c1ccc(-c2cc(C)c3cc(F)ccc3n2)cc1. The third kappa shape index (κ3) is 3.46. The molecule has 3 aromatic carbocycles. The number of fused-ring (bicyclic) bond motifs is 1. The predicted molar refractivity (Wildman–Crippen MR) is 108 cm³/mol. The number of rotatable bonds is 4. The van der Waals surface area contributed by atoms with Crippen molar-refractivity contribution >= 4 is 10.9 Å². The van der Waals surface area contributed by atoms with Crippen LogP contribution in [0.5, 0.6) is 0 Å². The molecule has 0 fully saturated rings. The van der Waals surface area contributed by atoms with Crippen LogP contribution in [0.15, 0.2) is 72.8 Å². The van der Waals surface area contributed by atoms with E-state index in [1.54, 1.807) is 13.2 Å². The minimum Gasteiger partial charge on any atom is -0.380 e. The Morgan fingerprint density at radius 2 is 1.63 bits per heavy atom. The average Bonchev–Trinajstić information content (AvgIpc) is 2.69. The highest BCUT2D eigenvalue weighted by Gasteiger charge is 2.08. The van der Waals surface area contributed by atoms with E-state index in [1.165, 1.54) is 17.7 Å². The van der Waals surface area contributed by atoms with Gasteiger partial charge in [0.05, 0.1) is 17.8 Å². The minimum atomic E-state index is -0.237. The molecule has 27 heavy (non-hydrogen) atoms. The summed E-state index contributed by atoms with van der Waals surface area (Å²) in [5.74, 6) is -0.237. The fraction of sp³-hybridized carbons (Fsp3) is 0.125. The fourth-order valence-corrected chi connectivity index (χ4v) is 3.42. The van der Waals surface area contributed by atoms with Crippen LogP contribution in [0.3, 0.4) is 0 Å². The number of nitrogens with zero attached hydrogens (tertiary/aromatic N) is 1. The molecule has 0 saturated heterocycles. The van der Waals surface area contributed by atoms with Crippen molar-refractivity contribution in [2.45, 2.75) is 13.5 Å². The number of methoxy groups -OCH3 is 1. The molecule has 0 amide bonds. The number of hydrogen-bond donors (Lipinski definition) is 0. The summed E-state index contributed by atoms with van der Waals surface area (Å²) in [7, 11) is 1.71. The van der Waals surface area contributed by atoms with Crippen molar-refractivity contribution in [3.8, 4) is 22.4 Å². The van der Waals surface area contributed by atoms with Crippen LogP contribution in [0.4, 0.5) is 4.39 Å². The van der Waals surface area contributed by atoms with Gasteiger partial charge in [-0.2, -0.15) is 0 Å². The van der Waals surface area contributed by atoms with Gasteiger partial charge < -0.3 is 4.74 Å². The molecule has 0 atom stereocenters. The van der Waals surface area contributed by atoms with Crippen molar-refractivity contribution < 1.29 is 9.13 Å². The zero-order valence-electron chi connectivity index (χ0n) is 15.4. The van der Waals surface area contributed by atoms with Gasteiger partial charge in [-0.05, 0) is 53.4 Å². The summed E-state index contributed by atoms with van der Waals surface area (Å²) in [5, 5.41) is 0.851. The van der Waals surface area contributed by atoms with Gasteiger partial charge >= 0.3 is 0 Å². The Labute approximate surface area is 158 Å². The van der Waals surface area contributed by atoms with Gasteiger partial charge in [0.1, 0.15) is 5.82 Å². The molecule has 3 heteroatoms. The molecule has 0 bridgehead atoms. The van der Waals surface area contributed by atoms with E-state index in [0.29, 0.717) is 6.61 Å². The maximum Gasteiger partial charge on any atom is 0.123 e. The molecule has 134 valence electrons. The van der Waals surface area contributed by atoms with Gasteiger partial charge in [-0.25, -0.2) is 9.37 Å². The predicted octanol–water partition coefficient (Wildman–Crippen LogP) is 6.16. The largest absolute Gasteiger partial charge is 0.380 e. The molecule has 4 rings (SSSR count). The lowest BCUT2D eigenvalue weighted by molar-refractivity contribution is 0.185. The van der Waals surface area contributed by atoms with Crippen molar-refractivity contribution in [1.82, 2.24) is 4.98 Å². The van der Waals surface area contributed by atoms with E-state index in [1.807, 2.05) is 25.1 Å². The van der Waals surface area contributed by atoms with Crippen LogP contribution >= 0.6 is 0 Å². The number of pyridine rings is 1. The van der Waals surface area contributed by atoms with Crippen molar-refractivity contribution in [2.75, 3.05) is 7.11 Å². The summed E-state index contributed by atoms with van der Waals surface area (Å²) < 4.78 is 18.8. The molecule has 4 aromatic rings. The quantitative estimate of drug-likeness (QED) is 0.436. The van der Waals surface area contributed by atoms with Gasteiger partial charge in [0.2, 0.25) is 0 Å². The number of ether oxygens (including phenoxy) is 1. The van der Waals surface area contributed by atoms with Crippen molar-refractivity contribution in [3.05, 3.63) is 89.7 Å². The van der Waals surface area contributed by atoms with Crippen molar-refractivity contribution in [2.24, 2.45) is 0 Å². The third-order valence-electron chi connectivity index (χ3n) is 4.79. The number of aromatic nitrogens is 1. The van der Waals surface area contributed by atoms with Gasteiger partial charge in [0.25, 0.3) is 0 Å².